The van der Waals surface area contributed by atoms with Gasteiger partial charge in [0.25, 0.3) is 0 Å². The van der Waals surface area contributed by atoms with Gasteiger partial charge in [0.05, 0.1) is 60.5 Å². The second-order valence-electron chi connectivity index (χ2n) is 16.1. The quantitative estimate of drug-likeness (QED) is 0.0274. The maximum Gasteiger partial charge on any atom is 0.355 e. The smallest absolute Gasteiger partial charge is 0.355 e. The number of aromatic nitrogens is 6. The molecule has 400 valence electrons. The lowest BCUT2D eigenvalue weighted by atomic mass is 10.2. The molecule has 2 aromatic heterocycles. The van der Waals surface area contributed by atoms with Crippen LogP contribution >= 0.6 is 46.4 Å². The molecule has 0 atom stereocenters. The van der Waals surface area contributed by atoms with E-state index >= 15 is 0 Å². The van der Waals surface area contributed by atoms with Crippen molar-refractivity contribution < 1.29 is 14.2 Å². The van der Waals surface area contributed by atoms with Gasteiger partial charge in [-0.1, -0.05) is 101 Å². The number of anilines is 2. The number of aliphatic imine (C=N–C) groups is 2. The first-order chi connectivity index (χ1) is 37.1. The molecule has 0 bridgehead atoms. The molecule has 0 saturated heterocycles. The van der Waals surface area contributed by atoms with E-state index in [2.05, 4.69) is 30.6 Å². The van der Waals surface area contributed by atoms with E-state index in [1.807, 2.05) is 42.5 Å². The number of amidine groups is 1. The van der Waals surface area contributed by atoms with E-state index in [4.69, 9.17) is 82.6 Å². The van der Waals surface area contributed by atoms with Crippen LogP contribution < -0.4 is 59.1 Å². The molecule has 5 aromatic carbocycles. The Bertz CT molecular complexity index is 3500. The summed E-state index contributed by atoms with van der Waals surface area (Å²) in [5.74, 6) is 2.91. The summed E-state index contributed by atoms with van der Waals surface area (Å²) in [5, 5.41) is 24.2. The molecule has 77 heavy (non-hydrogen) atoms. The fraction of sp³-hybridized carbons (Fsp3) is 0.231. The average molecular weight is 1130 g/mol. The van der Waals surface area contributed by atoms with Gasteiger partial charge in [-0.05, 0) is 89.3 Å². The van der Waals surface area contributed by atoms with E-state index in [1.165, 1.54) is 9.13 Å². The molecule has 0 spiro atoms. The third-order valence-corrected chi connectivity index (χ3v) is 12.2. The average Bonchev–Trinajstić information content (AvgIpc) is 3.42. The molecule has 0 aliphatic carbocycles. The maximum atomic E-state index is 13.4. The first-order valence-electron chi connectivity index (χ1n) is 23.2. The third kappa shape index (κ3) is 18.1. The van der Waals surface area contributed by atoms with Crippen LogP contribution in [-0.4, -0.2) is 73.8 Å². The minimum Gasteiger partial charge on any atom is -0.497 e. The van der Waals surface area contributed by atoms with Crippen molar-refractivity contribution in [3.63, 3.8) is 0 Å². The van der Waals surface area contributed by atoms with E-state index < -0.39 is 22.8 Å². The van der Waals surface area contributed by atoms with Crippen molar-refractivity contribution >= 4 is 70.0 Å². The highest BCUT2D eigenvalue weighted by Gasteiger charge is 2.17. The highest BCUT2D eigenvalue weighted by atomic mass is 35.5. The number of nitriles is 2. The standard InChI is InChI=1S/C23H23Cl2N7O3.C20H21Cl2N5O3.C9H8N2O/c1-35-17-7-4-15(5-8-17)12-31-21(28-10-2-3-20(27)29-14-26)30-22(33)32(23(31)34)13-16-6-9-18(24)19(25)11-16;1-30-15-5-2-13(3-6-15)11-26-18(24-9-8-23)25-19(28)27(20(26)29)12-14-4-7-16(21)17(22)10-14;1-8(11-7-10)12-9-5-3-2-4-6-9/h4-9,11H,2-3,10,12-13H2,1H3,(H2,27,29)(H,28,30,33);2-7,10H,8-9,11-12,23H2,1H3,(H,24,25,28);2-6H,1H3. The maximum absolute atomic E-state index is 13.4. The number of halogens is 4. The first-order valence-corrected chi connectivity index (χ1v) is 24.7. The minimum absolute atomic E-state index is 0.0152. The zero-order valence-electron chi connectivity index (χ0n) is 41.8. The summed E-state index contributed by atoms with van der Waals surface area (Å²) in [6, 6.07) is 33.5. The molecular formula is C52H52Cl4N14O7. The first kappa shape index (κ1) is 59.4. The number of nitrogens with zero attached hydrogens (tertiary/aromatic N) is 10. The Hall–Kier alpha value is -8.44. The molecule has 0 saturated carbocycles. The fourth-order valence-electron chi connectivity index (χ4n) is 6.88. The second kappa shape index (κ2) is 30.2. The molecule has 21 nitrogen and oxygen atoms in total. The predicted octanol–water partition coefficient (Wildman–Crippen LogP) is 7.00. The van der Waals surface area contributed by atoms with Gasteiger partial charge in [0.15, 0.2) is 0 Å². The second-order valence-corrected chi connectivity index (χ2v) is 17.8. The number of methoxy groups -OCH3 is 2. The van der Waals surface area contributed by atoms with Crippen molar-refractivity contribution in [3.05, 3.63) is 200 Å². The highest BCUT2D eigenvalue weighted by molar-refractivity contribution is 6.42. The Morgan fingerprint density at radius 3 is 1.43 bits per heavy atom. The monoisotopic (exact) mass is 1120 g/mol. The molecule has 0 radical (unpaired) electrons. The lowest BCUT2D eigenvalue weighted by Crippen LogP contribution is -2.43. The van der Waals surface area contributed by atoms with Gasteiger partial charge in [-0.15, -0.1) is 4.99 Å². The van der Waals surface area contributed by atoms with E-state index in [9.17, 15) is 19.2 Å². The SMILES string of the molecule is CC(=NC#N)Oc1ccccc1.COc1ccc(Cn2c(NCCCC(N)=NC#N)nc(=O)n(Cc3ccc(Cl)c(Cl)c3)c2=O)cc1.COc1ccc(Cn2c(NCCN)nc(=O)n(Cc3ccc(Cl)c(Cl)c3)c2=O)cc1. The molecule has 6 N–H and O–H groups in total. The zero-order chi connectivity index (χ0) is 55.9. The van der Waals surface area contributed by atoms with Crippen molar-refractivity contribution in [2.75, 3.05) is 44.5 Å². The van der Waals surface area contributed by atoms with Crippen LogP contribution in [-0.2, 0) is 26.2 Å². The van der Waals surface area contributed by atoms with Crippen LogP contribution in [0.3, 0.4) is 0 Å². The topological polar surface area (TPSA) is 290 Å². The Kier molecular flexibility index (Phi) is 23.3. The molecule has 7 aromatic rings. The fourth-order valence-corrected chi connectivity index (χ4v) is 7.52. The molecule has 0 aliphatic rings. The van der Waals surface area contributed by atoms with Crippen LogP contribution in [0.25, 0.3) is 0 Å². The summed E-state index contributed by atoms with van der Waals surface area (Å²) in [6.07, 6.45) is 4.17. The summed E-state index contributed by atoms with van der Waals surface area (Å²) in [6.45, 7) is 3.05. The van der Waals surface area contributed by atoms with Gasteiger partial charge in [-0.2, -0.15) is 25.5 Å². The van der Waals surface area contributed by atoms with Crippen molar-refractivity contribution in [3.8, 4) is 29.6 Å². The highest BCUT2D eigenvalue weighted by Crippen LogP contribution is 2.24. The van der Waals surface area contributed by atoms with Crippen molar-refractivity contribution in [2.45, 2.75) is 45.9 Å². The van der Waals surface area contributed by atoms with Crippen LogP contribution in [0, 0.1) is 22.9 Å². The summed E-state index contributed by atoms with van der Waals surface area (Å²) in [5.41, 5.74) is 11.7. The van der Waals surface area contributed by atoms with Crippen molar-refractivity contribution in [1.82, 2.24) is 28.2 Å². The van der Waals surface area contributed by atoms with Gasteiger partial charge in [0, 0.05) is 33.0 Å². The van der Waals surface area contributed by atoms with Crippen molar-refractivity contribution in [2.24, 2.45) is 21.5 Å². The van der Waals surface area contributed by atoms with Gasteiger partial charge in [0.2, 0.25) is 30.2 Å². The molecule has 25 heteroatoms. The van der Waals surface area contributed by atoms with E-state index in [-0.39, 0.29) is 43.9 Å². The summed E-state index contributed by atoms with van der Waals surface area (Å²) in [4.78, 5) is 67.0. The van der Waals surface area contributed by atoms with E-state index in [1.54, 1.807) is 106 Å². The van der Waals surface area contributed by atoms with Crippen LogP contribution in [0.15, 0.2) is 144 Å². The van der Waals surface area contributed by atoms with Crippen LogP contribution in [0.1, 0.15) is 42.0 Å². The number of hydrogen-bond acceptors (Lipinski definition) is 16. The number of hydrogen-bond donors (Lipinski definition) is 4. The van der Waals surface area contributed by atoms with Crippen LogP contribution in [0.4, 0.5) is 11.9 Å². The Balaban J connectivity index is 0.000000236. The summed E-state index contributed by atoms with van der Waals surface area (Å²) in [7, 11) is 3.15. The molecule has 0 unspecified atom stereocenters. The number of nitrogens with two attached hydrogens (primary N) is 2. The number of rotatable bonds is 19. The molecule has 7 rings (SSSR count). The van der Waals surface area contributed by atoms with Crippen LogP contribution in [0.5, 0.6) is 17.2 Å². The molecule has 2 heterocycles. The predicted molar refractivity (Wildman–Crippen MR) is 299 cm³/mol. The van der Waals surface area contributed by atoms with Gasteiger partial charge in [-0.3, -0.25) is 9.13 Å². The van der Waals surface area contributed by atoms with Gasteiger partial charge >= 0.3 is 22.8 Å². The van der Waals surface area contributed by atoms with Gasteiger partial charge < -0.3 is 36.3 Å². The summed E-state index contributed by atoms with van der Waals surface area (Å²) < 4.78 is 20.4. The molecule has 0 amide bonds. The normalized spacial score (nSPS) is 10.9. The largest absolute Gasteiger partial charge is 0.497 e. The molecular weight excluding hydrogens is 1070 g/mol. The number of nitrogens with one attached hydrogen (secondary N) is 2. The van der Waals surface area contributed by atoms with E-state index in [0.29, 0.717) is 86.8 Å². The Morgan fingerprint density at radius 1 is 0.584 bits per heavy atom. The molecule has 0 aliphatic heterocycles. The van der Waals surface area contributed by atoms with E-state index in [0.717, 1.165) is 20.3 Å². The lowest BCUT2D eigenvalue weighted by Gasteiger charge is -2.16. The zero-order valence-corrected chi connectivity index (χ0v) is 44.9. The number of ether oxygens (including phenoxy) is 3. The Labute approximate surface area is 461 Å². The summed E-state index contributed by atoms with van der Waals surface area (Å²) >= 11 is 24.1. The van der Waals surface area contributed by atoms with Crippen molar-refractivity contribution in [1.29, 1.82) is 10.5 Å². The lowest BCUT2D eigenvalue weighted by molar-refractivity contribution is 0.414. The van der Waals surface area contributed by atoms with Crippen LogP contribution in [0.2, 0.25) is 20.1 Å². The Morgan fingerprint density at radius 2 is 1.01 bits per heavy atom. The van der Waals surface area contributed by atoms with Gasteiger partial charge in [-0.25, -0.2) is 28.3 Å². The number of benzene rings is 5. The molecule has 0 fully saturated rings. The minimum atomic E-state index is -0.708. The van der Waals surface area contributed by atoms with Gasteiger partial charge in [0.1, 0.15) is 23.1 Å². The third-order valence-electron chi connectivity index (χ3n) is 10.7. The number of para-hydroxylation sites is 1.